The summed E-state index contributed by atoms with van der Waals surface area (Å²) >= 11 is 0. The molecule has 146 valence electrons. The van der Waals surface area contributed by atoms with E-state index in [0.29, 0.717) is 35.2 Å². The number of amides is 2. The molecule has 0 spiro atoms. The zero-order valence-electron chi connectivity index (χ0n) is 16.3. The Kier molecular flexibility index (Phi) is 6.87. The third kappa shape index (κ3) is 5.26. The van der Waals surface area contributed by atoms with Gasteiger partial charge in [0.1, 0.15) is 11.5 Å². The van der Waals surface area contributed by atoms with E-state index in [0.717, 1.165) is 5.56 Å². The number of rotatable bonds is 8. The third-order valence-electron chi connectivity index (χ3n) is 4.06. The van der Waals surface area contributed by atoms with Gasteiger partial charge >= 0.3 is 0 Å². The van der Waals surface area contributed by atoms with Gasteiger partial charge in [0.2, 0.25) is 5.91 Å². The number of furan rings is 1. The van der Waals surface area contributed by atoms with Crippen molar-refractivity contribution in [1.29, 1.82) is 0 Å². The standard InChI is InChI=1S/C20H26N2O5/c1-6-26-17-8-7-15(10-18(17)25-5)13(3)22-19(23)11-21-20(24)16-9-12(2)27-14(16)4/h7-10,13H,6,11H2,1-5H3,(H,21,24)(H,22,23)/t13-/m0/s1. The zero-order chi connectivity index (χ0) is 20.0. The molecule has 2 aromatic rings. The molecule has 2 rings (SSSR count). The van der Waals surface area contributed by atoms with Crippen molar-refractivity contribution in [3.05, 3.63) is 46.9 Å². The van der Waals surface area contributed by atoms with Crippen LogP contribution >= 0.6 is 0 Å². The summed E-state index contributed by atoms with van der Waals surface area (Å²) in [5.74, 6) is 1.81. The van der Waals surface area contributed by atoms with Crippen molar-refractivity contribution in [3.8, 4) is 11.5 Å². The number of hydrogen-bond acceptors (Lipinski definition) is 5. The van der Waals surface area contributed by atoms with Crippen LogP contribution in [0.1, 0.15) is 47.3 Å². The molecule has 0 saturated heterocycles. The van der Waals surface area contributed by atoms with Gasteiger partial charge in [0, 0.05) is 0 Å². The molecule has 0 fully saturated rings. The molecule has 7 nitrogen and oxygen atoms in total. The van der Waals surface area contributed by atoms with Crippen LogP contribution in [-0.4, -0.2) is 32.1 Å². The number of ether oxygens (including phenoxy) is 2. The maximum atomic E-state index is 12.2. The largest absolute Gasteiger partial charge is 0.493 e. The van der Waals surface area contributed by atoms with E-state index in [2.05, 4.69) is 10.6 Å². The van der Waals surface area contributed by atoms with Crippen molar-refractivity contribution in [2.24, 2.45) is 0 Å². The maximum Gasteiger partial charge on any atom is 0.255 e. The van der Waals surface area contributed by atoms with Crippen molar-refractivity contribution in [2.45, 2.75) is 33.7 Å². The number of benzene rings is 1. The normalized spacial score (nSPS) is 11.6. The van der Waals surface area contributed by atoms with Gasteiger partial charge in [0.25, 0.3) is 5.91 Å². The Morgan fingerprint density at radius 3 is 2.52 bits per heavy atom. The summed E-state index contributed by atoms with van der Waals surface area (Å²) in [4.78, 5) is 24.3. The summed E-state index contributed by atoms with van der Waals surface area (Å²) in [5.41, 5.74) is 1.31. The SMILES string of the molecule is CCOc1ccc([C@H](C)NC(=O)CNC(=O)c2cc(C)oc2C)cc1OC. The lowest BCUT2D eigenvalue weighted by atomic mass is 10.1. The van der Waals surface area contributed by atoms with Crippen molar-refractivity contribution < 1.29 is 23.5 Å². The van der Waals surface area contributed by atoms with Crippen molar-refractivity contribution in [3.63, 3.8) is 0 Å². The molecule has 2 N–H and O–H groups in total. The number of carbonyl (C=O) groups excluding carboxylic acids is 2. The minimum absolute atomic E-state index is 0.124. The van der Waals surface area contributed by atoms with Crippen LogP contribution in [0.25, 0.3) is 0 Å². The molecule has 0 saturated carbocycles. The fourth-order valence-electron chi connectivity index (χ4n) is 2.72. The Bertz CT molecular complexity index is 813. The number of carbonyl (C=O) groups is 2. The second-order valence-electron chi connectivity index (χ2n) is 6.14. The molecule has 0 aliphatic carbocycles. The van der Waals surface area contributed by atoms with E-state index in [1.807, 2.05) is 32.0 Å². The van der Waals surface area contributed by atoms with Gasteiger partial charge in [-0.15, -0.1) is 0 Å². The predicted molar refractivity (Wildman–Crippen MR) is 101 cm³/mol. The molecular formula is C20H26N2O5. The Morgan fingerprint density at radius 2 is 1.93 bits per heavy atom. The summed E-state index contributed by atoms with van der Waals surface area (Å²) in [6.07, 6.45) is 0. The summed E-state index contributed by atoms with van der Waals surface area (Å²) in [7, 11) is 1.57. The Balaban J connectivity index is 1.93. The molecule has 0 aliphatic rings. The molecule has 27 heavy (non-hydrogen) atoms. The summed E-state index contributed by atoms with van der Waals surface area (Å²) in [5, 5.41) is 5.45. The fourth-order valence-corrected chi connectivity index (χ4v) is 2.72. The number of nitrogens with one attached hydrogen (secondary N) is 2. The molecule has 7 heteroatoms. The number of hydrogen-bond donors (Lipinski definition) is 2. The van der Waals surface area contributed by atoms with Crippen LogP contribution in [0.4, 0.5) is 0 Å². The van der Waals surface area contributed by atoms with Gasteiger partial charge < -0.3 is 24.5 Å². The van der Waals surface area contributed by atoms with E-state index in [1.54, 1.807) is 27.0 Å². The molecule has 0 aliphatic heterocycles. The first-order valence-corrected chi connectivity index (χ1v) is 8.81. The Labute approximate surface area is 159 Å². The topological polar surface area (TPSA) is 89.8 Å². The summed E-state index contributed by atoms with van der Waals surface area (Å²) in [6.45, 7) is 7.65. The molecule has 1 aromatic heterocycles. The molecule has 0 unspecified atom stereocenters. The molecule has 1 heterocycles. The van der Waals surface area contributed by atoms with E-state index in [9.17, 15) is 9.59 Å². The van der Waals surface area contributed by atoms with Crippen LogP contribution in [0.5, 0.6) is 11.5 Å². The highest BCUT2D eigenvalue weighted by atomic mass is 16.5. The highest BCUT2D eigenvalue weighted by molar-refractivity contribution is 5.97. The molecule has 1 aromatic carbocycles. The smallest absolute Gasteiger partial charge is 0.255 e. The van der Waals surface area contributed by atoms with Gasteiger partial charge in [0.05, 0.1) is 31.9 Å². The van der Waals surface area contributed by atoms with Crippen molar-refractivity contribution in [2.75, 3.05) is 20.3 Å². The van der Waals surface area contributed by atoms with Crippen LogP contribution in [0.3, 0.4) is 0 Å². The monoisotopic (exact) mass is 374 g/mol. The van der Waals surface area contributed by atoms with E-state index < -0.39 is 0 Å². The summed E-state index contributed by atoms with van der Waals surface area (Å²) < 4.78 is 16.2. The minimum atomic E-state index is -0.338. The van der Waals surface area contributed by atoms with Crippen molar-refractivity contribution >= 4 is 11.8 Å². The highest BCUT2D eigenvalue weighted by Crippen LogP contribution is 2.30. The second kappa shape index (κ2) is 9.12. The van der Waals surface area contributed by atoms with Crippen LogP contribution < -0.4 is 20.1 Å². The van der Waals surface area contributed by atoms with E-state index in [4.69, 9.17) is 13.9 Å². The Morgan fingerprint density at radius 1 is 1.19 bits per heavy atom. The van der Waals surface area contributed by atoms with Gasteiger partial charge in [-0.2, -0.15) is 0 Å². The average Bonchev–Trinajstić information content (AvgIpc) is 2.98. The second-order valence-corrected chi connectivity index (χ2v) is 6.14. The van der Waals surface area contributed by atoms with Gasteiger partial charge in [-0.25, -0.2) is 0 Å². The molecule has 1 atom stereocenters. The van der Waals surface area contributed by atoms with Crippen LogP contribution in [0, 0.1) is 13.8 Å². The molecular weight excluding hydrogens is 348 g/mol. The fraction of sp³-hybridized carbons (Fsp3) is 0.400. The lowest BCUT2D eigenvalue weighted by Gasteiger charge is -2.17. The van der Waals surface area contributed by atoms with E-state index >= 15 is 0 Å². The highest BCUT2D eigenvalue weighted by Gasteiger charge is 2.16. The van der Waals surface area contributed by atoms with E-state index in [-0.39, 0.29) is 24.4 Å². The molecule has 0 bridgehead atoms. The predicted octanol–water partition coefficient (Wildman–Crippen LogP) is 2.91. The number of methoxy groups -OCH3 is 1. The minimum Gasteiger partial charge on any atom is -0.493 e. The summed E-state index contributed by atoms with van der Waals surface area (Å²) in [6, 6.07) is 6.90. The first-order chi connectivity index (χ1) is 12.8. The number of aryl methyl sites for hydroxylation is 2. The van der Waals surface area contributed by atoms with Crippen LogP contribution in [-0.2, 0) is 4.79 Å². The van der Waals surface area contributed by atoms with Gasteiger partial charge in [0.15, 0.2) is 11.5 Å². The molecule has 2 amide bonds. The van der Waals surface area contributed by atoms with Gasteiger partial charge in [-0.05, 0) is 51.5 Å². The Hall–Kier alpha value is -2.96. The quantitative estimate of drug-likeness (QED) is 0.741. The van der Waals surface area contributed by atoms with Gasteiger partial charge in [-0.1, -0.05) is 6.07 Å². The van der Waals surface area contributed by atoms with Crippen molar-refractivity contribution in [1.82, 2.24) is 10.6 Å². The molecule has 0 radical (unpaired) electrons. The van der Waals surface area contributed by atoms with Crippen LogP contribution in [0.15, 0.2) is 28.7 Å². The van der Waals surface area contributed by atoms with Gasteiger partial charge in [-0.3, -0.25) is 9.59 Å². The van der Waals surface area contributed by atoms with E-state index in [1.165, 1.54) is 0 Å². The lowest BCUT2D eigenvalue weighted by Crippen LogP contribution is -2.38. The zero-order valence-corrected chi connectivity index (χ0v) is 16.3. The third-order valence-corrected chi connectivity index (χ3v) is 4.06. The van der Waals surface area contributed by atoms with Crippen LogP contribution in [0.2, 0.25) is 0 Å². The first kappa shape index (κ1) is 20.4. The first-order valence-electron chi connectivity index (χ1n) is 8.81. The lowest BCUT2D eigenvalue weighted by molar-refractivity contribution is -0.120. The maximum absolute atomic E-state index is 12.2. The average molecular weight is 374 g/mol.